The molecule has 2 aromatic heterocycles. The first-order chi connectivity index (χ1) is 24.8. The van der Waals surface area contributed by atoms with Crippen LogP contribution in [-0.4, -0.2) is 20.8 Å². The van der Waals surface area contributed by atoms with E-state index >= 15 is 0 Å². The quantitative estimate of drug-likeness (QED) is 0.200. The second kappa shape index (κ2) is 11.5. The molecule has 0 saturated heterocycles. The number of aromatic nitrogens is 2. The second-order valence-corrected chi connectivity index (χ2v) is 12.7. The summed E-state index contributed by atoms with van der Waals surface area (Å²) in [7, 11) is 0. The second-order valence-electron chi connectivity index (χ2n) is 12.7. The van der Waals surface area contributed by atoms with E-state index in [-0.39, 0.29) is 6.17 Å². The van der Waals surface area contributed by atoms with Crippen LogP contribution in [0.1, 0.15) is 22.9 Å². The van der Waals surface area contributed by atoms with Crippen LogP contribution in [0.15, 0.2) is 186 Å². The molecule has 0 fully saturated rings. The fourth-order valence-electron chi connectivity index (χ4n) is 7.47. The van der Waals surface area contributed by atoms with Gasteiger partial charge in [0.1, 0.15) is 12.0 Å². The van der Waals surface area contributed by atoms with Gasteiger partial charge in [0.15, 0.2) is 5.84 Å². The SMILES string of the molecule is c1ccc(C2=NC(c3ccccc3)NC(c3ccc(-n4c5ccccc5c5cc(-n6c7ccccc7c7ccccc76)ccc54)cc3)=N2)cc1. The van der Waals surface area contributed by atoms with Crippen molar-refractivity contribution in [2.75, 3.05) is 0 Å². The van der Waals surface area contributed by atoms with Gasteiger partial charge in [0, 0.05) is 44.0 Å². The highest BCUT2D eigenvalue weighted by Gasteiger charge is 2.21. The Morgan fingerprint density at radius 2 is 0.920 bits per heavy atom. The number of amidine groups is 2. The maximum Gasteiger partial charge on any atom is 0.159 e. The molecule has 1 atom stereocenters. The number of para-hydroxylation sites is 3. The highest BCUT2D eigenvalue weighted by Crippen LogP contribution is 2.37. The van der Waals surface area contributed by atoms with Crippen LogP contribution in [0.2, 0.25) is 0 Å². The minimum absolute atomic E-state index is 0.236. The van der Waals surface area contributed by atoms with E-state index in [4.69, 9.17) is 9.98 Å². The molecule has 0 amide bonds. The Morgan fingerprint density at radius 3 is 1.56 bits per heavy atom. The molecule has 236 valence electrons. The van der Waals surface area contributed by atoms with Crippen molar-refractivity contribution in [3.8, 4) is 11.4 Å². The van der Waals surface area contributed by atoms with Gasteiger partial charge in [-0.05, 0) is 66.2 Å². The van der Waals surface area contributed by atoms with Crippen LogP contribution in [0.25, 0.3) is 55.0 Å². The van der Waals surface area contributed by atoms with Gasteiger partial charge in [0.2, 0.25) is 0 Å². The summed E-state index contributed by atoms with van der Waals surface area (Å²) in [6.45, 7) is 0. The van der Waals surface area contributed by atoms with Crippen molar-refractivity contribution in [2.45, 2.75) is 6.17 Å². The molecule has 1 N–H and O–H groups in total. The van der Waals surface area contributed by atoms with Crippen LogP contribution in [0.3, 0.4) is 0 Å². The van der Waals surface area contributed by atoms with Gasteiger partial charge < -0.3 is 14.5 Å². The molecule has 9 aromatic rings. The largest absolute Gasteiger partial charge is 0.344 e. The van der Waals surface area contributed by atoms with Gasteiger partial charge in [0.25, 0.3) is 0 Å². The number of hydrogen-bond donors (Lipinski definition) is 1. The standard InChI is InChI=1S/C45H31N5/c1-3-13-30(14-4-1)43-46-44(31-15-5-2-6-16-31)48-45(47-43)32-23-25-33(26-24-32)49-41-22-12-9-19-37(41)38-29-34(27-28-42(38)49)50-39-20-10-7-17-35(39)36-18-8-11-21-40(36)50/h1-29,43H,(H,46,47,48). The first-order valence-corrected chi connectivity index (χ1v) is 17.0. The predicted octanol–water partition coefficient (Wildman–Crippen LogP) is 10.4. The highest BCUT2D eigenvalue weighted by molar-refractivity contribution is 6.14. The van der Waals surface area contributed by atoms with E-state index in [0.29, 0.717) is 0 Å². The Morgan fingerprint density at radius 1 is 0.420 bits per heavy atom. The minimum atomic E-state index is -0.236. The van der Waals surface area contributed by atoms with Crippen molar-refractivity contribution >= 4 is 55.3 Å². The molecule has 7 aromatic carbocycles. The van der Waals surface area contributed by atoms with Crippen LogP contribution in [0, 0.1) is 0 Å². The first kappa shape index (κ1) is 28.3. The monoisotopic (exact) mass is 641 g/mol. The van der Waals surface area contributed by atoms with Gasteiger partial charge in [-0.15, -0.1) is 0 Å². The molecule has 1 aliphatic heterocycles. The summed E-state index contributed by atoms with van der Waals surface area (Å²) in [5.74, 6) is 1.52. The Kier molecular flexibility index (Phi) is 6.49. The molecule has 10 rings (SSSR count). The lowest BCUT2D eigenvalue weighted by Gasteiger charge is -2.23. The molecule has 50 heavy (non-hydrogen) atoms. The summed E-state index contributed by atoms with van der Waals surface area (Å²) < 4.78 is 4.75. The third-order valence-corrected chi connectivity index (χ3v) is 9.78. The van der Waals surface area contributed by atoms with Crippen LogP contribution in [-0.2, 0) is 0 Å². The molecule has 1 aliphatic rings. The van der Waals surface area contributed by atoms with Crippen molar-refractivity contribution < 1.29 is 0 Å². The van der Waals surface area contributed by atoms with E-state index in [2.05, 4.69) is 154 Å². The highest BCUT2D eigenvalue weighted by atomic mass is 15.2. The lowest BCUT2D eigenvalue weighted by molar-refractivity contribution is 0.674. The number of hydrogen-bond acceptors (Lipinski definition) is 3. The van der Waals surface area contributed by atoms with Crippen molar-refractivity contribution in [1.29, 1.82) is 0 Å². The van der Waals surface area contributed by atoms with Gasteiger partial charge in [-0.2, -0.15) is 0 Å². The maximum atomic E-state index is 5.01. The number of nitrogens with one attached hydrogen (secondary N) is 1. The Balaban J connectivity index is 1.08. The summed E-state index contributed by atoms with van der Waals surface area (Å²) in [4.78, 5) is 10.0. The Bertz CT molecular complexity index is 2720. The topological polar surface area (TPSA) is 46.6 Å². The van der Waals surface area contributed by atoms with Crippen molar-refractivity contribution in [3.05, 3.63) is 193 Å². The third kappa shape index (κ3) is 4.55. The number of nitrogens with zero attached hydrogens (tertiary/aromatic N) is 4. The zero-order valence-corrected chi connectivity index (χ0v) is 27.1. The molecule has 1 unspecified atom stereocenters. The van der Waals surface area contributed by atoms with Crippen molar-refractivity contribution in [1.82, 2.24) is 14.5 Å². The number of rotatable bonds is 5. The fraction of sp³-hybridized carbons (Fsp3) is 0.0222. The van der Waals surface area contributed by atoms with Crippen molar-refractivity contribution in [3.63, 3.8) is 0 Å². The van der Waals surface area contributed by atoms with Gasteiger partial charge in [0.05, 0.1) is 22.1 Å². The molecule has 5 heteroatoms. The molecular formula is C45H31N5. The minimum Gasteiger partial charge on any atom is -0.344 e. The summed E-state index contributed by atoms with van der Waals surface area (Å²) >= 11 is 0. The molecule has 5 nitrogen and oxygen atoms in total. The molecule has 3 heterocycles. The van der Waals surface area contributed by atoms with Gasteiger partial charge in [-0.1, -0.05) is 115 Å². The van der Waals surface area contributed by atoms with Crippen LogP contribution in [0.5, 0.6) is 0 Å². The molecule has 0 spiro atoms. The molecule has 0 bridgehead atoms. The molecule has 0 radical (unpaired) electrons. The van der Waals surface area contributed by atoms with Crippen LogP contribution in [0.4, 0.5) is 0 Å². The predicted molar refractivity (Wildman–Crippen MR) is 207 cm³/mol. The zero-order chi connectivity index (χ0) is 33.0. The molecule has 0 saturated carbocycles. The summed E-state index contributed by atoms with van der Waals surface area (Å²) in [5, 5.41) is 8.57. The van der Waals surface area contributed by atoms with E-state index in [9.17, 15) is 0 Å². The van der Waals surface area contributed by atoms with E-state index < -0.39 is 0 Å². The Hall–Kier alpha value is -6.72. The summed E-state index contributed by atoms with van der Waals surface area (Å²) in [6.07, 6.45) is -0.236. The average Bonchev–Trinajstić information content (AvgIpc) is 3.71. The van der Waals surface area contributed by atoms with E-state index in [1.807, 2.05) is 36.4 Å². The Labute approximate surface area is 289 Å². The number of aliphatic imine (C=N–C) groups is 2. The maximum absolute atomic E-state index is 5.01. The number of benzene rings is 7. The van der Waals surface area contributed by atoms with Crippen molar-refractivity contribution in [2.24, 2.45) is 9.98 Å². The van der Waals surface area contributed by atoms with Crippen LogP contribution >= 0.6 is 0 Å². The summed E-state index contributed by atoms with van der Waals surface area (Å²) in [6, 6.07) is 62.1. The lowest BCUT2D eigenvalue weighted by atomic mass is 10.1. The normalized spacial score (nSPS) is 14.6. The molecule has 0 aliphatic carbocycles. The van der Waals surface area contributed by atoms with Gasteiger partial charge in [-0.3, -0.25) is 0 Å². The van der Waals surface area contributed by atoms with E-state index in [1.165, 1.54) is 43.6 Å². The van der Waals surface area contributed by atoms with E-state index in [0.717, 1.165) is 39.7 Å². The average molecular weight is 642 g/mol. The summed E-state index contributed by atoms with van der Waals surface area (Å²) in [5.41, 5.74) is 10.1. The lowest BCUT2D eigenvalue weighted by Crippen LogP contribution is -2.33. The number of fused-ring (bicyclic) bond motifs is 6. The van der Waals surface area contributed by atoms with Gasteiger partial charge in [-0.25, -0.2) is 9.98 Å². The van der Waals surface area contributed by atoms with E-state index in [1.54, 1.807) is 0 Å². The smallest absolute Gasteiger partial charge is 0.159 e. The first-order valence-electron chi connectivity index (χ1n) is 17.0. The van der Waals surface area contributed by atoms with Gasteiger partial charge >= 0.3 is 0 Å². The van der Waals surface area contributed by atoms with Crippen LogP contribution < -0.4 is 5.32 Å². The zero-order valence-electron chi connectivity index (χ0n) is 27.1. The molecular weight excluding hydrogens is 611 g/mol. The fourth-order valence-corrected chi connectivity index (χ4v) is 7.47. The third-order valence-electron chi connectivity index (χ3n) is 9.78.